The van der Waals surface area contributed by atoms with E-state index in [9.17, 15) is 37.7 Å². The van der Waals surface area contributed by atoms with Crippen LogP contribution in [0.25, 0.3) is 0 Å². The number of nitro benzene ring substituents is 1. The van der Waals surface area contributed by atoms with Gasteiger partial charge in [-0.2, -0.15) is 0 Å². The quantitative estimate of drug-likeness (QED) is 0.160. The van der Waals surface area contributed by atoms with Crippen molar-refractivity contribution in [2.45, 2.75) is 27.6 Å². The number of halogens is 2. The van der Waals surface area contributed by atoms with Crippen LogP contribution in [-0.2, 0) is 31.0 Å². The SMILES string of the molecule is NS(=O)(=O)c1ccc(NC(=O)Cn2c3c(sc2=O)C(c2cccc(Cl)c2Cl)C2C(=O)N(c4ccc([N+](=O)[O-])cc4)C(=O)C2S3)cc1. The van der Waals surface area contributed by atoms with Crippen molar-refractivity contribution < 1.29 is 27.7 Å². The van der Waals surface area contributed by atoms with Gasteiger partial charge in [0.05, 0.1) is 36.5 Å². The molecule has 0 saturated carbocycles. The van der Waals surface area contributed by atoms with E-state index in [0.29, 0.717) is 15.5 Å². The van der Waals surface area contributed by atoms with E-state index in [-0.39, 0.29) is 32.0 Å². The molecule has 0 spiro atoms. The molecule has 0 aliphatic carbocycles. The summed E-state index contributed by atoms with van der Waals surface area (Å²) in [5.74, 6) is -3.72. The van der Waals surface area contributed by atoms with E-state index < -0.39 is 61.2 Å². The van der Waals surface area contributed by atoms with Gasteiger partial charge in [-0.1, -0.05) is 58.4 Å². The Kier molecular flexibility index (Phi) is 8.28. The number of hydrogen-bond acceptors (Lipinski definition) is 10. The molecule has 6 rings (SSSR count). The number of carbonyl (C=O) groups excluding carboxylic acids is 3. The Hall–Kier alpha value is -4.06. The maximum atomic E-state index is 14.0. The van der Waals surface area contributed by atoms with Crippen LogP contribution in [0.2, 0.25) is 10.0 Å². The average molecular weight is 721 g/mol. The number of amides is 3. The summed E-state index contributed by atoms with van der Waals surface area (Å²) in [4.78, 5) is 65.6. The van der Waals surface area contributed by atoms with Gasteiger partial charge in [0.2, 0.25) is 27.7 Å². The topological polar surface area (TPSA) is 192 Å². The summed E-state index contributed by atoms with van der Waals surface area (Å²) in [6.45, 7) is -0.462. The van der Waals surface area contributed by atoms with E-state index in [1.165, 1.54) is 53.1 Å². The van der Waals surface area contributed by atoms with Gasteiger partial charge in [-0.15, -0.1) is 0 Å². The Morgan fingerprint density at radius 2 is 1.67 bits per heavy atom. The molecule has 1 saturated heterocycles. The van der Waals surface area contributed by atoms with Crippen LogP contribution in [0.3, 0.4) is 0 Å². The molecular formula is C28H19Cl2N5O8S3. The van der Waals surface area contributed by atoms with Gasteiger partial charge in [-0.3, -0.25) is 33.9 Å². The summed E-state index contributed by atoms with van der Waals surface area (Å²) in [7, 11) is -3.94. The number of benzene rings is 3. The third-order valence-electron chi connectivity index (χ3n) is 7.45. The van der Waals surface area contributed by atoms with Crippen LogP contribution in [0.4, 0.5) is 17.1 Å². The molecule has 18 heteroatoms. The van der Waals surface area contributed by atoms with E-state index in [1.54, 1.807) is 18.2 Å². The first-order chi connectivity index (χ1) is 21.8. The van der Waals surface area contributed by atoms with Crippen LogP contribution >= 0.6 is 46.3 Å². The number of anilines is 2. The van der Waals surface area contributed by atoms with Crippen molar-refractivity contribution in [2.75, 3.05) is 10.2 Å². The summed E-state index contributed by atoms with van der Waals surface area (Å²) >= 11 is 14.7. The number of sulfonamides is 1. The average Bonchev–Trinajstić information content (AvgIpc) is 3.44. The van der Waals surface area contributed by atoms with Crippen LogP contribution in [0.15, 0.2) is 81.4 Å². The molecule has 1 fully saturated rings. The highest BCUT2D eigenvalue weighted by Gasteiger charge is 2.57. The van der Waals surface area contributed by atoms with E-state index in [1.807, 2.05) is 0 Å². The molecule has 0 bridgehead atoms. The van der Waals surface area contributed by atoms with Gasteiger partial charge in [-0.05, 0) is 48.0 Å². The lowest BCUT2D eigenvalue weighted by Crippen LogP contribution is -2.33. The van der Waals surface area contributed by atoms with Gasteiger partial charge >= 0.3 is 4.87 Å². The zero-order valence-electron chi connectivity index (χ0n) is 23.0. The number of hydrogen-bond donors (Lipinski definition) is 2. The minimum Gasteiger partial charge on any atom is -0.325 e. The Balaban J connectivity index is 1.38. The number of carbonyl (C=O) groups is 3. The number of nitro groups is 1. The molecule has 236 valence electrons. The first-order valence-corrected chi connectivity index (χ1v) is 17.1. The first-order valence-electron chi connectivity index (χ1n) is 13.2. The minimum atomic E-state index is -3.94. The van der Waals surface area contributed by atoms with Crippen LogP contribution in [-0.4, -0.2) is 40.9 Å². The first kappa shape index (κ1) is 31.9. The maximum absolute atomic E-state index is 14.0. The fourth-order valence-corrected chi connectivity index (χ4v) is 9.11. The number of imide groups is 1. The smallest absolute Gasteiger partial charge is 0.308 e. The second kappa shape index (κ2) is 11.9. The molecular weight excluding hydrogens is 701 g/mol. The summed E-state index contributed by atoms with van der Waals surface area (Å²) < 4.78 is 24.3. The molecule has 1 aromatic heterocycles. The molecule has 46 heavy (non-hydrogen) atoms. The van der Waals surface area contributed by atoms with Crippen molar-refractivity contribution >= 4 is 91.1 Å². The second-order valence-electron chi connectivity index (χ2n) is 10.2. The standard InChI is InChI=1S/C28H19Cl2N5O8S3/c29-18-3-1-2-17(22(18)30)20-21-23(26(38)34(25(21)37)14-6-8-15(9-7-14)35(40)41)44-27-24(20)45-28(39)33(27)12-19(36)32-13-4-10-16(11-5-13)46(31,42)43/h1-11,20-21,23H,12H2,(H,32,36)(H2,31,42,43). The number of nitrogens with zero attached hydrogens (tertiary/aromatic N) is 3. The predicted octanol–water partition coefficient (Wildman–Crippen LogP) is 4.21. The molecule has 13 nitrogen and oxygen atoms in total. The lowest BCUT2D eigenvalue weighted by Gasteiger charge is -2.31. The number of non-ortho nitro benzene ring substituents is 1. The number of fused-ring (bicyclic) bond motifs is 2. The molecule has 3 heterocycles. The predicted molar refractivity (Wildman–Crippen MR) is 172 cm³/mol. The monoisotopic (exact) mass is 719 g/mol. The van der Waals surface area contributed by atoms with Crippen LogP contribution < -0.4 is 20.2 Å². The van der Waals surface area contributed by atoms with Crippen molar-refractivity contribution in [3.8, 4) is 0 Å². The molecule has 3 aromatic carbocycles. The van der Waals surface area contributed by atoms with E-state index in [0.717, 1.165) is 28.0 Å². The second-order valence-corrected chi connectivity index (χ2v) is 14.7. The van der Waals surface area contributed by atoms with Crippen LogP contribution in [0.1, 0.15) is 16.4 Å². The highest BCUT2D eigenvalue weighted by Crippen LogP contribution is 2.55. The largest absolute Gasteiger partial charge is 0.325 e. The van der Waals surface area contributed by atoms with Crippen molar-refractivity contribution in [1.82, 2.24) is 4.57 Å². The minimum absolute atomic E-state index is 0.132. The number of nitrogens with one attached hydrogen (secondary N) is 1. The summed E-state index contributed by atoms with van der Waals surface area (Å²) in [6.07, 6.45) is 0. The third-order valence-corrected chi connectivity index (χ3v) is 11.8. The van der Waals surface area contributed by atoms with Gasteiger partial charge in [-0.25, -0.2) is 18.5 Å². The zero-order valence-corrected chi connectivity index (χ0v) is 26.9. The van der Waals surface area contributed by atoms with Gasteiger partial charge in [0.1, 0.15) is 11.8 Å². The molecule has 2 aliphatic rings. The Morgan fingerprint density at radius 3 is 2.30 bits per heavy atom. The van der Waals surface area contributed by atoms with E-state index in [4.69, 9.17) is 28.3 Å². The fraction of sp³-hybridized carbons (Fsp3) is 0.143. The molecule has 2 aliphatic heterocycles. The van der Waals surface area contributed by atoms with Crippen molar-refractivity contribution in [1.29, 1.82) is 0 Å². The molecule has 3 atom stereocenters. The highest BCUT2D eigenvalue weighted by molar-refractivity contribution is 8.00. The van der Waals surface area contributed by atoms with Gasteiger partial charge in [0.25, 0.3) is 5.69 Å². The van der Waals surface area contributed by atoms with E-state index >= 15 is 0 Å². The van der Waals surface area contributed by atoms with Crippen LogP contribution in [0.5, 0.6) is 0 Å². The number of thioether (sulfide) groups is 1. The number of nitrogens with two attached hydrogens (primary N) is 1. The van der Waals surface area contributed by atoms with Gasteiger partial charge in [0, 0.05) is 28.6 Å². The maximum Gasteiger partial charge on any atom is 0.308 e. The Bertz CT molecular complexity index is 2120. The molecule has 3 N–H and O–H groups in total. The number of primary sulfonamides is 1. The third kappa shape index (κ3) is 5.61. The molecule has 4 aromatic rings. The van der Waals surface area contributed by atoms with Crippen molar-refractivity contribution in [3.63, 3.8) is 0 Å². The van der Waals surface area contributed by atoms with Gasteiger partial charge in [0.15, 0.2) is 0 Å². The van der Waals surface area contributed by atoms with E-state index in [2.05, 4.69) is 5.32 Å². The highest BCUT2D eigenvalue weighted by atomic mass is 35.5. The Labute approximate surface area is 278 Å². The fourth-order valence-electron chi connectivity index (χ4n) is 5.40. The lowest BCUT2D eigenvalue weighted by atomic mass is 9.83. The number of rotatable bonds is 7. The number of thiazole rings is 1. The normalized spacial score (nSPS) is 19.1. The summed E-state index contributed by atoms with van der Waals surface area (Å²) in [5, 5.41) is 18.5. The molecule has 0 radical (unpaired) electrons. The Morgan fingerprint density at radius 1 is 1.00 bits per heavy atom. The molecule has 3 unspecified atom stereocenters. The summed E-state index contributed by atoms with van der Waals surface area (Å²) in [6, 6.07) is 14.9. The summed E-state index contributed by atoms with van der Waals surface area (Å²) in [5.41, 5.74) is 0.578. The van der Waals surface area contributed by atoms with Gasteiger partial charge < -0.3 is 5.32 Å². The molecule has 3 amide bonds. The zero-order chi connectivity index (χ0) is 33.1. The van der Waals surface area contributed by atoms with Crippen molar-refractivity contribution in [2.24, 2.45) is 11.1 Å². The number of aromatic nitrogens is 1. The lowest BCUT2D eigenvalue weighted by molar-refractivity contribution is -0.384. The van der Waals surface area contributed by atoms with Crippen molar-refractivity contribution in [3.05, 3.63) is 107 Å². The van der Waals surface area contributed by atoms with Crippen LogP contribution in [0, 0.1) is 16.0 Å².